The number of benzene rings is 1. The Morgan fingerprint density at radius 3 is 2.32 bits per heavy atom. The Labute approximate surface area is 144 Å². The number of ketones is 2. The molecule has 5 nitrogen and oxygen atoms in total. The molecule has 0 N–H and O–H groups in total. The van der Waals surface area contributed by atoms with Crippen LogP contribution < -0.4 is 0 Å². The third-order valence-electron chi connectivity index (χ3n) is 3.96. The first-order valence-corrected chi connectivity index (χ1v) is 7.96. The lowest BCUT2D eigenvalue weighted by Crippen LogP contribution is -2.05. The van der Waals surface area contributed by atoms with Crippen LogP contribution in [-0.4, -0.2) is 28.5 Å². The normalized spacial score (nSPS) is 10.6. The van der Waals surface area contributed by atoms with Crippen molar-refractivity contribution in [1.29, 1.82) is 0 Å². The molecule has 2 heterocycles. The molecule has 0 fully saturated rings. The van der Waals surface area contributed by atoms with E-state index in [4.69, 9.17) is 4.74 Å². The minimum Gasteiger partial charge on any atom is -0.462 e. The summed E-state index contributed by atoms with van der Waals surface area (Å²) in [6, 6.07) is 13.4. The Balaban J connectivity index is 2.07. The summed E-state index contributed by atoms with van der Waals surface area (Å²) in [6.07, 6.45) is 1.73. The molecule has 25 heavy (non-hydrogen) atoms. The molecule has 2 aromatic heterocycles. The van der Waals surface area contributed by atoms with Gasteiger partial charge in [-0.25, -0.2) is 4.79 Å². The summed E-state index contributed by atoms with van der Waals surface area (Å²) in [5.41, 5.74) is 2.33. The molecule has 0 amide bonds. The van der Waals surface area contributed by atoms with Crippen LogP contribution in [0.2, 0.25) is 0 Å². The molecule has 5 heteroatoms. The Kier molecular flexibility index (Phi) is 4.48. The van der Waals surface area contributed by atoms with Gasteiger partial charge in [-0.3, -0.25) is 9.59 Å². The number of esters is 1. The molecule has 0 aliphatic heterocycles. The Morgan fingerprint density at radius 1 is 1.00 bits per heavy atom. The fraction of sp³-hybridized carbons (Fsp3) is 0.150. The number of ether oxygens (including phenoxy) is 1. The molecule has 0 bridgehead atoms. The average Bonchev–Trinajstić information content (AvgIpc) is 3.01. The van der Waals surface area contributed by atoms with E-state index >= 15 is 0 Å². The molecule has 0 spiro atoms. The highest BCUT2D eigenvalue weighted by molar-refractivity contribution is 6.11. The Hall–Kier alpha value is -3.21. The maximum Gasteiger partial charge on any atom is 0.340 e. The maximum atomic E-state index is 12.9. The summed E-state index contributed by atoms with van der Waals surface area (Å²) in [4.78, 5) is 36.4. The highest BCUT2D eigenvalue weighted by atomic mass is 16.5. The SMILES string of the molecule is CCOC(=O)c1cc(C(=O)c2ccc(C(C)=O)cc2)n2ccccc12. The predicted molar refractivity (Wildman–Crippen MR) is 93.2 cm³/mol. The molecule has 1 aromatic carbocycles. The van der Waals surface area contributed by atoms with E-state index in [0.29, 0.717) is 27.9 Å². The smallest absolute Gasteiger partial charge is 0.340 e. The van der Waals surface area contributed by atoms with Crippen LogP contribution in [0, 0.1) is 0 Å². The standard InChI is InChI=1S/C20H17NO4/c1-3-25-20(24)16-12-18(21-11-5-4-6-17(16)21)19(23)15-9-7-14(8-10-15)13(2)22/h4-12H,3H2,1-2H3. The molecule has 0 radical (unpaired) electrons. The number of rotatable bonds is 5. The number of nitrogens with zero attached hydrogens (tertiary/aromatic N) is 1. The third-order valence-corrected chi connectivity index (χ3v) is 3.96. The summed E-state index contributed by atoms with van der Waals surface area (Å²) in [6.45, 7) is 3.47. The number of carbonyl (C=O) groups is 3. The van der Waals surface area contributed by atoms with E-state index in [2.05, 4.69) is 0 Å². The monoisotopic (exact) mass is 335 g/mol. The maximum absolute atomic E-state index is 12.9. The number of pyridine rings is 1. The van der Waals surface area contributed by atoms with Crippen molar-refractivity contribution < 1.29 is 19.1 Å². The second-order valence-corrected chi connectivity index (χ2v) is 5.58. The number of hydrogen-bond donors (Lipinski definition) is 0. The van der Waals surface area contributed by atoms with Crippen LogP contribution in [0.15, 0.2) is 54.7 Å². The molecule has 0 saturated heterocycles. The van der Waals surface area contributed by atoms with Crippen molar-refractivity contribution in [1.82, 2.24) is 4.40 Å². The zero-order chi connectivity index (χ0) is 18.0. The van der Waals surface area contributed by atoms with Crippen molar-refractivity contribution in [3.05, 3.63) is 77.1 Å². The molecule has 0 atom stereocenters. The zero-order valence-corrected chi connectivity index (χ0v) is 14.0. The first-order valence-electron chi connectivity index (χ1n) is 7.96. The second kappa shape index (κ2) is 6.73. The molecule has 0 aliphatic rings. The van der Waals surface area contributed by atoms with Crippen molar-refractivity contribution in [2.45, 2.75) is 13.8 Å². The van der Waals surface area contributed by atoms with Gasteiger partial charge in [-0.2, -0.15) is 0 Å². The fourth-order valence-corrected chi connectivity index (χ4v) is 2.70. The van der Waals surface area contributed by atoms with Gasteiger partial charge in [0.15, 0.2) is 5.78 Å². The Bertz CT molecular complexity index is 967. The predicted octanol–water partition coefficient (Wildman–Crippen LogP) is 3.55. The van der Waals surface area contributed by atoms with Crippen LogP contribution in [0.1, 0.15) is 50.6 Å². The van der Waals surface area contributed by atoms with E-state index in [9.17, 15) is 14.4 Å². The first kappa shape index (κ1) is 16.6. The van der Waals surface area contributed by atoms with Gasteiger partial charge >= 0.3 is 5.97 Å². The van der Waals surface area contributed by atoms with Crippen LogP contribution in [0.4, 0.5) is 0 Å². The quantitative estimate of drug-likeness (QED) is 0.528. The lowest BCUT2D eigenvalue weighted by atomic mass is 10.0. The minimum atomic E-state index is -0.461. The van der Waals surface area contributed by atoms with Gasteiger partial charge in [0.2, 0.25) is 5.78 Å². The molecule has 3 rings (SSSR count). The zero-order valence-electron chi connectivity index (χ0n) is 14.0. The number of hydrogen-bond acceptors (Lipinski definition) is 4. The van der Waals surface area contributed by atoms with Crippen molar-refractivity contribution in [3.63, 3.8) is 0 Å². The van der Waals surface area contributed by atoms with E-state index in [1.807, 2.05) is 0 Å². The summed E-state index contributed by atoms with van der Waals surface area (Å²) < 4.78 is 6.75. The highest BCUT2D eigenvalue weighted by Crippen LogP contribution is 2.21. The van der Waals surface area contributed by atoms with Crippen LogP contribution >= 0.6 is 0 Å². The number of carbonyl (C=O) groups excluding carboxylic acids is 3. The van der Waals surface area contributed by atoms with Crippen LogP contribution in [-0.2, 0) is 4.74 Å². The van der Waals surface area contributed by atoms with Gasteiger partial charge in [0.05, 0.1) is 23.4 Å². The van der Waals surface area contributed by atoms with Crippen molar-refractivity contribution in [3.8, 4) is 0 Å². The van der Waals surface area contributed by atoms with Crippen molar-refractivity contribution in [2.24, 2.45) is 0 Å². The minimum absolute atomic E-state index is 0.0586. The van der Waals surface area contributed by atoms with E-state index < -0.39 is 5.97 Å². The second-order valence-electron chi connectivity index (χ2n) is 5.58. The van der Waals surface area contributed by atoms with Gasteiger partial charge in [0, 0.05) is 17.3 Å². The average molecular weight is 335 g/mol. The highest BCUT2D eigenvalue weighted by Gasteiger charge is 2.21. The molecule has 0 saturated carbocycles. The molecule has 0 unspecified atom stereocenters. The topological polar surface area (TPSA) is 64.9 Å². The summed E-state index contributed by atoms with van der Waals surface area (Å²) in [5.74, 6) is -0.749. The lowest BCUT2D eigenvalue weighted by Gasteiger charge is -2.03. The van der Waals surface area contributed by atoms with Crippen molar-refractivity contribution in [2.75, 3.05) is 6.61 Å². The van der Waals surface area contributed by atoms with Gasteiger partial charge in [-0.1, -0.05) is 30.3 Å². The molecule has 126 valence electrons. The van der Waals surface area contributed by atoms with E-state index in [1.165, 1.54) is 6.92 Å². The van der Waals surface area contributed by atoms with E-state index in [0.717, 1.165) is 0 Å². The fourth-order valence-electron chi connectivity index (χ4n) is 2.70. The molecule has 0 aliphatic carbocycles. The Morgan fingerprint density at radius 2 is 1.68 bits per heavy atom. The largest absolute Gasteiger partial charge is 0.462 e. The summed E-state index contributed by atoms with van der Waals surface area (Å²) in [5, 5.41) is 0. The van der Waals surface area contributed by atoms with Gasteiger partial charge in [-0.15, -0.1) is 0 Å². The number of fused-ring (bicyclic) bond motifs is 1. The van der Waals surface area contributed by atoms with Gasteiger partial charge in [0.1, 0.15) is 0 Å². The molecular weight excluding hydrogens is 318 g/mol. The van der Waals surface area contributed by atoms with E-state index in [1.54, 1.807) is 66.1 Å². The number of Topliss-reactive ketones (excluding diaryl/α,β-unsaturated/α-hetero) is 1. The molecular formula is C20H17NO4. The van der Waals surface area contributed by atoms with E-state index in [-0.39, 0.29) is 18.2 Å². The first-order chi connectivity index (χ1) is 12.0. The van der Waals surface area contributed by atoms with Crippen LogP contribution in [0.25, 0.3) is 5.52 Å². The van der Waals surface area contributed by atoms with Gasteiger partial charge in [0.25, 0.3) is 0 Å². The lowest BCUT2D eigenvalue weighted by molar-refractivity contribution is 0.0528. The van der Waals surface area contributed by atoms with Crippen LogP contribution in [0.3, 0.4) is 0 Å². The van der Waals surface area contributed by atoms with Gasteiger partial charge in [-0.05, 0) is 32.0 Å². The van der Waals surface area contributed by atoms with Gasteiger partial charge < -0.3 is 9.14 Å². The van der Waals surface area contributed by atoms with Crippen molar-refractivity contribution >= 4 is 23.1 Å². The summed E-state index contributed by atoms with van der Waals surface area (Å²) >= 11 is 0. The summed E-state index contributed by atoms with van der Waals surface area (Å²) in [7, 11) is 0. The molecule has 3 aromatic rings. The number of aromatic nitrogens is 1. The van der Waals surface area contributed by atoms with Crippen LogP contribution in [0.5, 0.6) is 0 Å². The third kappa shape index (κ3) is 3.08.